The average Bonchev–Trinajstić information content (AvgIpc) is 3.08. The number of rotatable bonds is 24. The molecule has 332 valence electrons. The van der Waals surface area contributed by atoms with Crippen LogP contribution >= 0.6 is 7.14 Å². The molecule has 0 radical (unpaired) electrons. The van der Waals surface area contributed by atoms with Crippen molar-refractivity contribution in [2.75, 3.05) is 0 Å². The van der Waals surface area contributed by atoms with E-state index in [1.807, 2.05) is 197 Å². The van der Waals surface area contributed by atoms with E-state index in [2.05, 4.69) is 0 Å². The van der Waals surface area contributed by atoms with Crippen LogP contribution in [0.1, 0.15) is 125 Å². The van der Waals surface area contributed by atoms with Crippen LogP contribution < -0.4 is 31.5 Å². The monoisotopic (exact) mass is 890 g/mol. The summed E-state index contributed by atoms with van der Waals surface area (Å²) in [5.74, 6) is 0. The fourth-order valence-corrected chi connectivity index (χ4v) is 18.4. The van der Waals surface area contributed by atoms with Crippen LogP contribution in [0.15, 0.2) is 72.8 Å². The molecule has 0 aliphatic rings. The molecule has 10 nitrogen and oxygen atoms in total. The second-order valence-electron chi connectivity index (χ2n) is 17.4. The van der Waals surface area contributed by atoms with Gasteiger partial charge in [-0.1, -0.05) is 72.8 Å². The van der Waals surface area contributed by atoms with E-state index in [1.54, 1.807) is 0 Å². The molecular formula is C45H75O10PSi3. The molecule has 0 aliphatic carbocycles. The Balaban J connectivity index is 2.37. The fourth-order valence-electron chi connectivity index (χ4n) is 6.73. The topological polar surface area (TPSA) is 100 Å². The Morgan fingerprint density at radius 3 is 0.542 bits per heavy atom. The van der Waals surface area contributed by atoms with E-state index in [9.17, 15) is 0 Å². The van der Waals surface area contributed by atoms with Crippen molar-refractivity contribution in [3.8, 4) is 0 Å². The first kappa shape index (κ1) is 51.5. The summed E-state index contributed by atoms with van der Waals surface area (Å²) in [4.78, 5) is 0. The third kappa shape index (κ3) is 13.8. The second-order valence-corrected chi connectivity index (χ2v) is 27.4. The summed E-state index contributed by atoms with van der Waals surface area (Å²) in [7, 11) is -13.8. The molecule has 0 amide bonds. The molecule has 14 heteroatoms. The third-order valence-electron chi connectivity index (χ3n) is 8.27. The Morgan fingerprint density at radius 1 is 0.288 bits per heavy atom. The van der Waals surface area contributed by atoms with E-state index in [1.165, 1.54) is 0 Å². The molecule has 0 unspecified atom stereocenters. The quantitative estimate of drug-likeness (QED) is 0.0661. The predicted molar refractivity (Wildman–Crippen MR) is 248 cm³/mol. The van der Waals surface area contributed by atoms with Crippen LogP contribution in [-0.2, 0) is 44.4 Å². The number of benzene rings is 3. The van der Waals surface area contributed by atoms with Gasteiger partial charge in [0.05, 0.1) is 0 Å². The van der Waals surface area contributed by atoms with E-state index >= 15 is 4.57 Å². The maximum Gasteiger partial charge on any atom is 0.537 e. The minimum absolute atomic E-state index is 0.147. The van der Waals surface area contributed by atoms with Crippen LogP contribution in [-0.4, -0.2) is 81.3 Å². The second kappa shape index (κ2) is 22.0. The molecule has 0 N–H and O–H groups in total. The summed E-state index contributed by atoms with van der Waals surface area (Å²) < 4.78 is 75.3. The van der Waals surface area contributed by atoms with Gasteiger partial charge in [-0.3, -0.25) is 0 Å². The highest BCUT2D eigenvalue weighted by Gasteiger charge is 2.50. The molecule has 0 atom stereocenters. The molecule has 0 aromatic heterocycles. The minimum atomic E-state index is -3.56. The fraction of sp³-hybridized carbons (Fsp3) is 0.600. The zero-order chi connectivity index (χ0) is 44.5. The highest BCUT2D eigenvalue weighted by Crippen LogP contribution is 2.42. The van der Waals surface area contributed by atoms with Crippen molar-refractivity contribution in [2.45, 2.75) is 180 Å². The maximum atomic E-state index is 16.3. The van der Waals surface area contributed by atoms with E-state index in [0.29, 0.717) is 15.9 Å². The van der Waals surface area contributed by atoms with Crippen molar-refractivity contribution in [2.24, 2.45) is 0 Å². The summed E-state index contributed by atoms with van der Waals surface area (Å²) in [6.07, 6.45) is -1.32. The molecule has 3 aromatic carbocycles. The van der Waals surface area contributed by atoms with Gasteiger partial charge >= 0.3 is 26.4 Å². The normalized spacial score (nSPS) is 13.6. The lowest BCUT2D eigenvalue weighted by atomic mass is 10.3. The first-order chi connectivity index (χ1) is 27.4. The molecule has 59 heavy (non-hydrogen) atoms. The summed E-state index contributed by atoms with van der Waals surface area (Å²) in [6, 6.07) is 23.2. The van der Waals surface area contributed by atoms with E-state index in [-0.39, 0.29) is 54.9 Å². The van der Waals surface area contributed by atoms with E-state index in [4.69, 9.17) is 39.8 Å². The van der Waals surface area contributed by atoms with Crippen LogP contribution in [0.5, 0.6) is 0 Å². The highest BCUT2D eigenvalue weighted by atomic mass is 31.2. The van der Waals surface area contributed by atoms with Gasteiger partial charge in [0.2, 0.25) is 0 Å². The Bertz CT molecular complexity index is 1460. The minimum Gasteiger partial charge on any atom is -0.367 e. The first-order valence-electron chi connectivity index (χ1n) is 21.4. The van der Waals surface area contributed by atoms with Gasteiger partial charge in [0, 0.05) is 86.4 Å². The van der Waals surface area contributed by atoms with Crippen LogP contribution in [0.4, 0.5) is 0 Å². The smallest absolute Gasteiger partial charge is 0.367 e. The summed E-state index contributed by atoms with van der Waals surface area (Å²) in [6.45, 7) is 35.7. The largest absolute Gasteiger partial charge is 0.537 e. The van der Waals surface area contributed by atoms with Gasteiger partial charge < -0.3 is 44.4 Å². The molecule has 0 bridgehead atoms. The Labute approximate surface area is 360 Å². The Hall–Kier alpha value is -1.82. The molecule has 0 fully saturated rings. The molecule has 3 rings (SSSR count). The Morgan fingerprint density at radius 2 is 0.424 bits per heavy atom. The molecule has 3 aromatic rings. The van der Waals surface area contributed by atoms with Gasteiger partial charge in [-0.15, -0.1) is 0 Å². The van der Waals surface area contributed by atoms with Crippen molar-refractivity contribution in [1.82, 2.24) is 0 Å². The van der Waals surface area contributed by atoms with Crippen LogP contribution in [0.2, 0.25) is 0 Å². The lowest BCUT2D eigenvalue weighted by Crippen LogP contribution is -2.60. The molecule has 0 saturated carbocycles. The van der Waals surface area contributed by atoms with Crippen LogP contribution in [0, 0.1) is 0 Å². The van der Waals surface area contributed by atoms with E-state index < -0.39 is 33.6 Å². The zero-order valence-electron chi connectivity index (χ0n) is 39.2. The maximum absolute atomic E-state index is 16.3. The standard InChI is InChI=1S/C45H75O10PSi3/c1-31(2)47-57(48-32(3)4,49-33(5)6)43-25-19-40(20-26-43)56(46,41-21-27-44(28-22-41)58(50-34(7)8,51-35(9)10)52-36(11)12)42-23-29-45(30-24-42)59(53-37(13)14,54-38(15)16)55-39(17)18/h19-39H,1-18H3. The van der Waals surface area contributed by atoms with Gasteiger partial charge in [-0.25, -0.2) is 0 Å². The van der Waals surface area contributed by atoms with Gasteiger partial charge in [0.1, 0.15) is 0 Å². The molecule has 0 aliphatic heterocycles. The van der Waals surface area contributed by atoms with Crippen molar-refractivity contribution < 1.29 is 44.4 Å². The average molecular weight is 891 g/mol. The summed E-state index contributed by atoms with van der Waals surface area (Å²) >= 11 is 0. The Kier molecular flexibility index (Phi) is 19.2. The van der Waals surface area contributed by atoms with Gasteiger partial charge in [0.15, 0.2) is 7.14 Å². The molecular weight excluding hydrogens is 816 g/mol. The SMILES string of the molecule is CC(C)O[Si](OC(C)C)(OC(C)C)c1ccc(P(=O)(c2ccc([Si](OC(C)C)(OC(C)C)OC(C)C)cc2)c2ccc([Si](OC(C)C)(OC(C)C)OC(C)C)cc2)cc1. The van der Waals surface area contributed by atoms with Gasteiger partial charge in [-0.2, -0.15) is 0 Å². The molecule has 0 heterocycles. The first-order valence-corrected chi connectivity index (χ1v) is 28.3. The predicted octanol–water partition coefficient (Wildman–Crippen LogP) is 7.59. The molecule has 0 saturated heterocycles. The third-order valence-corrected chi connectivity index (χ3v) is 21.5. The van der Waals surface area contributed by atoms with Gasteiger partial charge in [0.25, 0.3) is 0 Å². The highest BCUT2D eigenvalue weighted by molar-refractivity contribution is 7.85. The van der Waals surface area contributed by atoms with Crippen LogP contribution in [0.3, 0.4) is 0 Å². The summed E-state index contributed by atoms with van der Waals surface area (Å²) in [5.41, 5.74) is 0. The summed E-state index contributed by atoms with van der Waals surface area (Å²) in [5, 5.41) is 4.31. The van der Waals surface area contributed by atoms with Crippen molar-refractivity contribution in [3.05, 3.63) is 72.8 Å². The zero-order valence-corrected chi connectivity index (χ0v) is 43.0. The lowest BCUT2D eigenvalue weighted by molar-refractivity contribution is 0.0142. The van der Waals surface area contributed by atoms with Crippen molar-refractivity contribution in [1.29, 1.82) is 0 Å². The van der Waals surface area contributed by atoms with E-state index in [0.717, 1.165) is 15.6 Å². The van der Waals surface area contributed by atoms with Crippen LogP contribution in [0.25, 0.3) is 0 Å². The van der Waals surface area contributed by atoms with Crippen molar-refractivity contribution >= 4 is 65.0 Å². The lowest BCUT2D eigenvalue weighted by Gasteiger charge is -2.35. The van der Waals surface area contributed by atoms with Gasteiger partial charge in [-0.05, 0) is 125 Å². The number of hydrogen-bond donors (Lipinski definition) is 0. The number of hydrogen-bond acceptors (Lipinski definition) is 10. The molecule has 0 spiro atoms. The van der Waals surface area contributed by atoms with Crippen molar-refractivity contribution in [3.63, 3.8) is 0 Å².